The average molecular weight is 181 g/mol. The van der Waals surface area contributed by atoms with E-state index in [9.17, 15) is 0 Å². The Balaban J connectivity index is 1.98. The standard InChI is InChI=1S/C11H19NO/c1-2-3-7-12-10-5-4-6-11(12)9-13-8-10/h2-3,10-11H,4-9H2,1H3/b3-2+. The van der Waals surface area contributed by atoms with Crippen LogP contribution in [-0.2, 0) is 4.74 Å². The lowest BCUT2D eigenvalue weighted by Gasteiger charge is -2.45. The molecule has 2 nitrogen and oxygen atoms in total. The monoisotopic (exact) mass is 181 g/mol. The highest BCUT2D eigenvalue weighted by Gasteiger charge is 2.33. The molecule has 0 N–H and O–H groups in total. The molecule has 2 heterocycles. The molecule has 2 unspecified atom stereocenters. The molecule has 74 valence electrons. The molecule has 0 aliphatic carbocycles. The third-order valence-corrected chi connectivity index (χ3v) is 3.19. The third kappa shape index (κ3) is 1.94. The Labute approximate surface area is 80.6 Å². The zero-order chi connectivity index (χ0) is 9.10. The van der Waals surface area contributed by atoms with E-state index in [1.807, 2.05) is 0 Å². The van der Waals surface area contributed by atoms with E-state index in [0.717, 1.165) is 19.8 Å². The maximum atomic E-state index is 5.58. The molecule has 0 aromatic heterocycles. The van der Waals surface area contributed by atoms with Gasteiger partial charge in [-0.1, -0.05) is 18.6 Å². The largest absolute Gasteiger partial charge is 0.378 e. The van der Waals surface area contributed by atoms with Crippen molar-refractivity contribution in [1.82, 2.24) is 4.90 Å². The first kappa shape index (κ1) is 9.22. The van der Waals surface area contributed by atoms with Crippen molar-refractivity contribution >= 4 is 0 Å². The number of rotatable bonds is 2. The molecule has 0 saturated carbocycles. The minimum Gasteiger partial charge on any atom is -0.378 e. The lowest BCUT2D eigenvalue weighted by molar-refractivity contribution is -0.0673. The highest BCUT2D eigenvalue weighted by molar-refractivity contribution is 4.92. The highest BCUT2D eigenvalue weighted by Crippen LogP contribution is 2.26. The number of piperidine rings is 1. The highest BCUT2D eigenvalue weighted by atomic mass is 16.5. The minimum absolute atomic E-state index is 0.698. The van der Waals surface area contributed by atoms with Gasteiger partial charge in [-0.25, -0.2) is 0 Å². The number of fused-ring (bicyclic) bond motifs is 2. The molecule has 0 radical (unpaired) electrons. The number of allylic oxidation sites excluding steroid dienone is 1. The van der Waals surface area contributed by atoms with Gasteiger partial charge in [0.05, 0.1) is 13.2 Å². The van der Waals surface area contributed by atoms with E-state index in [1.165, 1.54) is 19.3 Å². The van der Waals surface area contributed by atoms with Gasteiger partial charge in [0.25, 0.3) is 0 Å². The fourth-order valence-corrected chi connectivity index (χ4v) is 2.44. The Bertz CT molecular complexity index is 169. The summed E-state index contributed by atoms with van der Waals surface area (Å²) in [6, 6.07) is 1.40. The van der Waals surface area contributed by atoms with Crippen molar-refractivity contribution < 1.29 is 4.74 Å². The lowest BCUT2D eigenvalue weighted by atomic mass is 9.94. The summed E-state index contributed by atoms with van der Waals surface area (Å²) in [7, 11) is 0. The van der Waals surface area contributed by atoms with Gasteiger partial charge in [-0.3, -0.25) is 4.90 Å². The van der Waals surface area contributed by atoms with Gasteiger partial charge < -0.3 is 4.74 Å². The van der Waals surface area contributed by atoms with Crippen LogP contribution in [0.25, 0.3) is 0 Å². The quantitative estimate of drug-likeness (QED) is 0.602. The van der Waals surface area contributed by atoms with Crippen LogP contribution in [0.5, 0.6) is 0 Å². The van der Waals surface area contributed by atoms with Crippen molar-refractivity contribution in [1.29, 1.82) is 0 Å². The number of ether oxygens (including phenoxy) is 1. The van der Waals surface area contributed by atoms with Crippen molar-refractivity contribution in [2.45, 2.75) is 38.3 Å². The number of morpholine rings is 1. The molecule has 2 aliphatic rings. The molecule has 2 rings (SSSR count). The first-order chi connectivity index (χ1) is 6.42. The molecular formula is C11H19NO. The van der Waals surface area contributed by atoms with Gasteiger partial charge in [0, 0.05) is 18.6 Å². The fraction of sp³-hybridized carbons (Fsp3) is 0.818. The Kier molecular flexibility index (Phi) is 3.01. The van der Waals surface area contributed by atoms with Crippen LogP contribution in [-0.4, -0.2) is 36.7 Å². The zero-order valence-electron chi connectivity index (χ0n) is 8.41. The molecular weight excluding hydrogens is 162 g/mol. The first-order valence-electron chi connectivity index (χ1n) is 5.36. The molecule has 0 amide bonds. The number of hydrogen-bond donors (Lipinski definition) is 0. The van der Waals surface area contributed by atoms with Gasteiger partial charge in [-0.15, -0.1) is 0 Å². The SMILES string of the molecule is C/C=C/CN1C2CCCC1COC2. The van der Waals surface area contributed by atoms with E-state index < -0.39 is 0 Å². The smallest absolute Gasteiger partial charge is 0.0622 e. The maximum absolute atomic E-state index is 5.58. The second-order valence-corrected chi connectivity index (χ2v) is 4.04. The van der Waals surface area contributed by atoms with Crippen LogP contribution in [0.2, 0.25) is 0 Å². The second kappa shape index (κ2) is 4.25. The first-order valence-corrected chi connectivity index (χ1v) is 5.36. The van der Waals surface area contributed by atoms with Crippen LogP contribution in [0.4, 0.5) is 0 Å². The summed E-state index contributed by atoms with van der Waals surface area (Å²) in [4.78, 5) is 2.62. The Hall–Kier alpha value is -0.340. The Morgan fingerprint density at radius 1 is 1.31 bits per heavy atom. The van der Waals surface area contributed by atoms with Gasteiger partial charge in [-0.2, -0.15) is 0 Å². The summed E-state index contributed by atoms with van der Waals surface area (Å²) >= 11 is 0. The van der Waals surface area contributed by atoms with Crippen molar-refractivity contribution in [2.75, 3.05) is 19.8 Å². The lowest BCUT2D eigenvalue weighted by Crippen LogP contribution is -2.54. The Morgan fingerprint density at radius 2 is 2.00 bits per heavy atom. The van der Waals surface area contributed by atoms with Crippen molar-refractivity contribution in [2.24, 2.45) is 0 Å². The Morgan fingerprint density at radius 3 is 2.62 bits per heavy atom. The van der Waals surface area contributed by atoms with Crippen molar-refractivity contribution in [3.63, 3.8) is 0 Å². The van der Waals surface area contributed by atoms with Gasteiger partial charge in [0.1, 0.15) is 0 Å². The van der Waals surface area contributed by atoms with Gasteiger partial charge in [-0.05, 0) is 19.8 Å². The molecule has 0 aromatic rings. The fourth-order valence-electron chi connectivity index (χ4n) is 2.44. The van der Waals surface area contributed by atoms with Crippen LogP contribution in [0, 0.1) is 0 Å². The molecule has 2 saturated heterocycles. The van der Waals surface area contributed by atoms with E-state index in [-0.39, 0.29) is 0 Å². The van der Waals surface area contributed by atoms with Crippen LogP contribution >= 0.6 is 0 Å². The van der Waals surface area contributed by atoms with Gasteiger partial charge in [0.2, 0.25) is 0 Å². The molecule has 2 heteroatoms. The summed E-state index contributed by atoms with van der Waals surface area (Å²) in [6.45, 7) is 5.12. The van der Waals surface area contributed by atoms with Crippen LogP contribution < -0.4 is 0 Å². The topological polar surface area (TPSA) is 12.5 Å². The number of nitrogens with zero attached hydrogens (tertiary/aromatic N) is 1. The third-order valence-electron chi connectivity index (χ3n) is 3.19. The molecule has 0 aromatic carbocycles. The van der Waals surface area contributed by atoms with Crippen LogP contribution in [0.15, 0.2) is 12.2 Å². The van der Waals surface area contributed by atoms with Gasteiger partial charge >= 0.3 is 0 Å². The summed E-state index contributed by atoms with van der Waals surface area (Å²) in [6.07, 6.45) is 8.45. The summed E-state index contributed by atoms with van der Waals surface area (Å²) in [5, 5.41) is 0. The van der Waals surface area contributed by atoms with Gasteiger partial charge in [0.15, 0.2) is 0 Å². The summed E-state index contributed by atoms with van der Waals surface area (Å²) < 4.78 is 5.58. The van der Waals surface area contributed by atoms with E-state index in [4.69, 9.17) is 4.74 Å². The van der Waals surface area contributed by atoms with Crippen LogP contribution in [0.3, 0.4) is 0 Å². The second-order valence-electron chi connectivity index (χ2n) is 4.04. The summed E-state index contributed by atoms with van der Waals surface area (Å²) in [5.74, 6) is 0. The summed E-state index contributed by atoms with van der Waals surface area (Å²) in [5.41, 5.74) is 0. The molecule has 2 atom stereocenters. The van der Waals surface area contributed by atoms with E-state index in [1.54, 1.807) is 0 Å². The normalized spacial score (nSPS) is 35.5. The molecule has 2 fully saturated rings. The van der Waals surface area contributed by atoms with Crippen LogP contribution in [0.1, 0.15) is 26.2 Å². The van der Waals surface area contributed by atoms with E-state index in [0.29, 0.717) is 12.1 Å². The molecule has 2 aliphatic heterocycles. The average Bonchev–Trinajstić information content (AvgIpc) is 2.14. The number of hydrogen-bond acceptors (Lipinski definition) is 2. The van der Waals surface area contributed by atoms with E-state index in [2.05, 4.69) is 24.0 Å². The van der Waals surface area contributed by atoms with Crippen molar-refractivity contribution in [3.8, 4) is 0 Å². The predicted octanol–water partition coefficient (Wildman–Crippen LogP) is 1.82. The minimum atomic E-state index is 0.698. The molecule has 13 heavy (non-hydrogen) atoms. The van der Waals surface area contributed by atoms with Crippen molar-refractivity contribution in [3.05, 3.63) is 12.2 Å². The maximum Gasteiger partial charge on any atom is 0.0622 e. The molecule has 2 bridgehead atoms. The van der Waals surface area contributed by atoms with E-state index >= 15 is 0 Å². The zero-order valence-corrected chi connectivity index (χ0v) is 8.41. The molecule has 0 spiro atoms. The predicted molar refractivity (Wildman–Crippen MR) is 53.8 cm³/mol.